The summed E-state index contributed by atoms with van der Waals surface area (Å²) in [5.41, 5.74) is 15.0. The number of fused-ring (bicyclic) bond motifs is 13. The van der Waals surface area contributed by atoms with Gasteiger partial charge in [-0.3, -0.25) is 0 Å². The van der Waals surface area contributed by atoms with Crippen LogP contribution in [0.4, 0.5) is 0 Å². The van der Waals surface area contributed by atoms with Crippen molar-refractivity contribution in [3.8, 4) is 33.6 Å². The smallest absolute Gasteiger partial charge is 0.145 e. The molecule has 0 saturated heterocycles. The Balaban J connectivity index is 0.963. The van der Waals surface area contributed by atoms with Gasteiger partial charge in [-0.15, -0.1) is 0 Å². The summed E-state index contributed by atoms with van der Waals surface area (Å²) in [5, 5.41) is 9.27. The number of nitrogens with zero attached hydrogens (tertiary/aromatic N) is 2. The van der Waals surface area contributed by atoms with Gasteiger partial charge in [0.05, 0.1) is 27.5 Å². The van der Waals surface area contributed by atoms with Crippen LogP contribution in [0, 0.1) is 0 Å². The van der Waals surface area contributed by atoms with Crippen LogP contribution in [-0.2, 0) is 0 Å². The van der Waals surface area contributed by atoms with Crippen LogP contribution in [0.15, 0.2) is 203 Å². The van der Waals surface area contributed by atoms with Gasteiger partial charge in [-0.1, -0.05) is 121 Å². The Bertz CT molecular complexity index is 3760. The molecule has 0 aliphatic heterocycles. The average molecular weight is 741 g/mol. The molecule has 4 heteroatoms. The predicted octanol–water partition coefficient (Wildman–Crippen LogP) is 15.0. The molecule has 4 nitrogen and oxygen atoms in total. The van der Waals surface area contributed by atoms with Crippen molar-refractivity contribution in [3.63, 3.8) is 0 Å². The molecule has 4 aromatic heterocycles. The van der Waals surface area contributed by atoms with E-state index in [4.69, 9.17) is 8.83 Å². The standard InChI is InChI=1S/C54H32N2O2/c1-5-22-46-39(16-1)40-17-2-6-23-47(40)55(46)37-26-29-51-45(32-37)43-27-28-49-52(54(43)58-51)44-19-3-7-24-48(44)56(49)36-15-10-13-34(31-36)33-12-9-14-35(30-33)38-20-11-21-42-41-18-4-8-25-50(41)57-53(38)42/h1-32H. The summed E-state index contributed by atoms with van der Waals surface area (Å²) in [6.45, 7) is 0. The number of furan rings is 2. The molecule has 0 radical (unpaired) electrons. The Morgan fingerprint density at radius 3 is 1.66 bits per heavy atom. The minimum Gasteiger partial charge on any atom is -0.455 e. The quantitative estimate of drug-likeness (QED) is 0.180. The first kappa shape index (κ1) is 31.4. The Labute approximate surface area is 332 Å². The van der Waals surface area contributed by atoms with E-state index >= 15 is 0 Å². The lowest BCUT2D eigenvalue weighted by Crippen LogP contribution is -1.94. The van der Waals surface area contributed by atoms with Gasteiger partial charge in [-0.25, -0.2) is 0 Å². The third kappa shape index (κ3) is 4.40. The van der Waals surface area contributed by atoms with E-state index < -0.39 is 0 Å². The Morgan fingerprint density at radius 2 is 0.845 bits per heavy atom. The number of rotatable bonds is 4. The molecule has 0 fully saturated rings. The highest BCUT2D eigenvalue weighted by Gasteiger charge is 2.20. The van der Waals surface area contributed by atoms with Crippen LogP contribution in [0.2, 0.25) is 0 Å². The lowest BCUT2D eigenvalue weighted by molar-refractivity contribution is 0.670. The normalized spacial score (nSPS) is 12.1. The summed E-state index contributed by atoms with van der Waals surface area (Å²) in [6.07, 6.45) is 0. The van der Waals surface area contributed by atoms with E-state index in [-0.39, 0.29) is 0 Å². The lowest BCUT2D eigenvalue weighted by atomic mass is 9.97. The van der Waals surface area contributed by atoms with Crippen molar-refractivity contribution in [2.45, 2.75) is 0 Å². The van der Waals surface area contributed by atoms with Crippen molar-refractivity contribution in [2.24, 2.45) is 0 Å². The predicted molar refractivity (Wildman–Crippen MR) is 241 cm³/mol. The monoisotopic (exact) mass is 740 g/mol. The second-order valence-corrected chi connectivity index (χ2v) is 15.3. The largest absolute Gasteiger partial charge is 0.455 e. The number of aromatic nitrogens is 2. The number of benzene rings is 9. The fraction of sp³-hybridized carbons (Fsp3) is 0. The van der Waals surface area contributed by atoms with Crippen molar-refractivity contribution < 1.29 is 8.83 Å². The Hall–Kier alpha value is -7.82. The Morgan fingerprint density at radius 1 is 0.293 bits per heavy atom. The first-order valence-electron chi connectivity index (χ1n) is 19.8. The highest BCUT2D eigenvalue weighted by atomic mass is 16.3. The molecule has 0 aliphatic carbocycles. The maximum absolute atomic E-state index is 6.84. The minimum atomic E-state index is 0.879. The van der Waals surface area contributed by atoms with Crippen LogP contribution in [0.25, 0.3) is 121 Å². The van der Waals surface area contributed by atoms with Gasteiger partial charge in [0, 0.05) is 54.6 Å². The second-order valence-electron chi connectivity index (χ2n) is 15.3. The molecule has 0 saturated carbocycles. The molecule has 0 unspecified atom stereocenters. The zero-order chi connectivity index (χ0) is 37.9. The van der Waals surface area contributed by atoms with Gasteiger partial charge in [0.25, 0.3) is 0 Å². The molecular weight excluding hydrogens is 709 g/mol. The van der Waals surface area contributed by atoms with Crippen molar-refractivity contribution in [2.75, 3.05) is 0 Å². The van der Waals surface area contributed by atoms with E-state index in [0.29, 0.717) is 0 Å². The van der Waals surface area contributed by atoms with Crippen molar-refractivity contribution >= 4 is 87.5 Å². The molecule has 58 heavy (non-hydrogen) atoms. The van der Waals surface area contributed by atoms with Gasteiger partial charge in [0.1, 0.15) is 22.3 Å². The SMILES string of the molecule is c1cc(-c2cccc(-n3c4ccccc4c4c5oc6ccc(-n7c8ccccc8c8ccccc87)cc6c5ccc43)c2)cc(-c2cccc3c2oc2ccccc23)c1. The van der Waals surface area contributed by atoms with E-state index in [1.807, 2.05) is 12.1 Å². The molecular formula is C54H32N2O2. The zero-order valence-corrected chi connectivity index (χ0v) is 31.2. The fourth-order valence-corrected chi connectivity index (χ4v) is 9.56. The van der Waals surface area contributed by atoms with Crippen LogP contribution >= 0.6 is 0 Å². The van der Waals surface area contributed by atoms with E-state index in [0.717, 1.165) is 99.3 Å². The first-order chi connectivity index (χ1) is 28.8. The molecule has 0 bridgehead atoms. The van der Waals surface area contributed by atoms with Gasteiger partial charge >= 0.3 is 0 Å². The maximum Gasteiger partial charge on any atom is 0.145 e. The zero-order valence-electron chi connectivity index (χ0n) is 31.2. The van der Waals surface area contributed by atoms with E-state index in [2.05, 4.69) is 191 Å². The molecule has 0 aliphatic rings. The molecule has 270 valence electrons. The van der Waals surface area contributed by atoms with Crippen LogP contribution in [-0.4, -0.2) is 9.13 Å². The molecule has 9 aromatic carbocycles. The third-order valence-electron chi connectivity index (χ3n) is 12.1. The highest BCUT2D eigenvalue weighted by molar-refractivity contribution is 6.24. The molecule has 0 spiro atoms. The second kappa shape index (κ2) is 11.8. The summed E-state index contributed by atoms with van der Waals surface area (Å²) in [6, 6.07) is 69.4. The summed E-state index contributed by atoms with van der Waals surface area (Å²) in [4.78, 5) is 0. The molecule has 0 amide bonds. The molecule has 4 heterocycles. The molecule has 0 atom stereocenters. The summed E-state index contributed by atoms with van der Waals surface area (Å²) in [5.74, 6) is 0. The van der Waals surface area contributed by atoms with Gasteiger partial charge in [-0.05, 0) is 89.5 Å². The van der Waals surface area contributed by atoms with Crippen LogP contribution in [0.1, 0.15) is 0 Å². The number of hydrogen-bond donors (Lipinski definition) is 0. The van der Waals surface area contributed by atoms with Gasteiger partial charge in [0.2, 0.25) is 0 Å². The van der Waals surface area contributed by atoms with Gasteiger partial charge < -0.3 is 18.0 Å². The molecule has 0 N–H and O–H groups in total. The van der Waals surface area contributed by atoms with Crippen molar-refractivity contribution in [1.82, 2.24) is 9.13 Å². The van der Waals surface area contributed by atoms with Crippen molar-refractivity contribution in [3.05, 3.63) is 194 Å². The summed E-state index contributed by atoms with van der Waals surface area (Å²) < 4.78 is 18.0. The van der Waals surface area contributed by atoms with Crippen LogP contribution in [0.5, 0.6) is 0 Å². The van der Waals surface area contributed by atoms with Crippen LogP contribution in [0.3, 0.4) is 0 Å². The number of hydrogen-bond acceptors (Lipinski definition) is 2. The Kier molecular flexibility index (Phi) is 6.41. The summed E-state index contributed by atoms with van der Waals surface area (Å²) in [7, 11) is 0. The summed E-state index contributed by atoms with van der Waals surface area (Å²) >= 11 is 0. The fourth-order valence-electron chi connectivity index (χ4n) is 9.56. The molecule has 13 rings (SSSR count). The minimum absolute atomic E-state index is 0.879. The first-order valence-corrected chi connectivity index (χ1v) is 19.8. The number of para-hydroxylation sites is 5. The third-order valence-corrected chi connectivity index (χ3v) is 12.1. The van der Waals surface area contributed by atoms with E-state index in [9.17, 15) is 0 Å². The lowest BCUT2D eigenvalue weighted by Gasteiger charge is -2.11. The van der Waals surface area contributed by atoms with Gasteiger partial charge in [-0.2, -0.15) is 0 Å². The maximum atomic E-state index is 6.84. The van der Waals surface area contributed by atoms with Crippen LogP contribution < -0.4 is 0 Å². The molecule has 13 aromatic rings. The average Bonchev–Trinajstić information content (AvgIpc) is 4.04. The van der Waals surface area contributed by atoms with Crippen molar-refractivity contribution in [1.29, 1.82) is 0 Å². The van der Waals surface area contributed by atoms with Gasteiger partial charge in [0.15, 0.2) is 0 Å². The van der Waals surface area contributed by atoms with E-state index in [1.165, 1.54) is 21.8 Å². The van der Waals surface area contributed by atoms with E-state index in [1.54, 1.807) is 0 Å². The highest BCUT2D eigenvalue weighted by Crippen LogP contribution is 2.43. The topological polar surface area (TPSA) is 36.1 Å².